The van der Waals surface area contributed by atoms with Gasteiger partial charge in [0, 0.05) is 42.9 Å². The molecular weight excluding hydrogens is 440 g/mol. The Balaban J connectivity index is 1.38. The Labute approximate surface area is 193 Å². The zero-order chi connectivity index (χ0) is 22.1. The fourth-order valence-corrected chi connectivity index (χ4v) is 6.99. The van der Waals surface area contributed by atoms with Gasteiger partial charge in [0.1, 0.15) is 16.5 Å². The summed E-state index contributed by atoms with van der Waals surface area (Å²) in [6.45, 7) is 4.28. The minimum Gasteiger partial charge on any atom is -0.353 e. The second-order valence-corrected chi connectivity index (χ2v) is 11.3. The number of anilines is 1. The number of aryl methyl sites for hydroxylation is 3. The van der Waals surface area contributed by atoms with E-state index < -0.39 is 10.0 Å². The molecule has 0 bridgehead atoms. The van der Waals surface area contributed by atoms with E-state index in [0.717, 1.165) is 41.3 Å². The highest BCUT2D eigenvalue weighted by molar-refractivity contribution is 7.92. The Morgan fingerprint density at radius 1 is 1.03 bits per heavy atom. The van der Waals surface area contributed by atoms with E-state index in [2.05, 4.69) is 11.8 Å². The van der Waals surface area contributed by atoms with E-state index in [1.54, 1.807) is 10.4 Å². The van der Waals surface area contributed by atoms with Gasteiger partial charge in [0.05, 0.1) is 5.39 Å². The molecule has 0 spiro atoms. The maximum absolute atomic E-state index is 12.9. The van der Waals surface area contributed by atoms with Crippen LogP contribution in [0.15, 0.2) is 35.7 Å². The fourth-order valence-electron chi connectivity index (χ4n) is 4.54. The summed E-state index contributed by atoms with van der Waals surface area (Å²) in [6.07, 6.45) is 7.15. The average molecular weight is 469 g/mol. The van der Waals surface area contributed by atoms with Crippen molar-refractivity contribution in [2.24, 2.45) is 0 Å². The Hall–Kier alpha value is -2.29. The third-order valence-electron chi connectivity index (χ3n) is 6.29. The van der Waals surface area contributed by atoms with E-state index in [0.29, 0.717) is 26.2 Å². The molecule has 6 nitrogen and oxygen atoms in total. The van der Waals surface area contributed by atoms with Gasteiger partial charge >= 0.3 is 0 Å². The Kier molecular flexibility index (Phi) is 6.01. The van der Waals surface area contributed by atoms with Gasteiger partial charge in [-0.1, -0.05) is 37.3 Å². The van der Waals surface area contributed by atoms with Crippen molar-refractivity contribution < 1.29 is 8.42 Å². The second-order valence-electron chi connectivity index (χ2n) is 8.35. The molecule has 5 rings (SSSR count). The third kappa shape index (κ3) is 4.19. The first-order valence-corrected chi connectivity index (χ1v) is 13.7. The van der Waals surface area contributed by atoms with Gasteiger partial charge in [-0.3, -0.25) is 0 Å². The van der Waals surface area contributed by atoms with E-state index in [-0.39, 0.29) is 0 Å². The van der Waals surface area contributed by atoms with Gasteiger partial charge in [0.2, 0.25) is 10.0 Å². The monoisotopic (exact) mass is 468 g/mol. The molecule has 0 amide bonds. The Morgan fingerprint density at radius 2 is 1.78 bits per heavy atom. The summed E-state index contributed by atoms with van der Waals surface area (Å²) in [6, 6.07) is 9.53. The first-order valence-electron chi connectivity index (χ1n) is 11.3. The number of hydrogen-bond acceptors (Lipinski definition) is 6. The molecule has 1 aliphatic carbocycles. The summed E-state index contributed by atoms with van der Waals surface area (Å²) in [5, 5.41) is 2.54. The van der Waals surface area contributed by atoms with Gasteiger partial charge in [-0.25, -0.2) is 18.4 Å². The number of nitrogens with zero attached hydrogens (tertiary/aromatic N) is 4. The summed E-state index contributed by atoms with van der Waals surface area (Å²) >= 11 is 1.82. The Bertz CT molecular complexity index is 1240. The number of fused-ring (bicyclic) bond motifs is 3. The van der Waals surface area contributed by atoms with Crippen LogP contribution in [0.5, 0.6) is 0 Å². The van der Waals surface area contributed by atoms with E-state index in [1.165, 1.54) is 34.1 Å². The number of benzene rings is 1. The molecule has 3 aromatic rings. The predicted molar refractivity (Wildman–Crippen MR) is 132 cm³/mol. The van der Waals surface area contributed by atoms with Crippen LogP contribution < -0.4 is 4.90 Å². The molecule has 1 aromatic carbocycles. The van der Waals surface area contributed by atoms with Crippen LogP contribution in [0.1, 0.15) is 41.6 Å². The van der Waals surface area contributed by atoms with Crippen molar-refractivity contribution in [1.29, 1.82) is 0 Å². The lowest BCUT2D eigenvalue weighted by molar-refractivity contribution is 0.389. The molecule has 0 unspecified atom stereocenters. The molecule has 1 saturated heterocycles. The van der Waals surface area contributed by atoms with E-state index in [9.17, 15) is 8.42 Å². The first-order chi connectivity index (χ1) is 15.5. The molecule has 0 N–H and O–H groups in total. The van der Waals surface area contributed by atoms with Crippen molar-refractivity contribution in [3.05, 3.63) is 57.6 Å². The Morgan fingerprint density at radius 3 is 2.53 bits per heavy atom. The maximum Gasteiger partial charge on any atom is 0.236 e. The zero-order valence-corrected chi connectivity index (χ0v) is 20.0. The summed E-state index contributed by atoms with van der Waals surface area (Å²) < 4.78 is 27.3. The maximum atomic E-state index is 12.9. The van der Waals surface area contributed by atoms with Gasteiger partial charge in [-0.15, -0.1) is 11.3 Å². The molecule has 0 saturated carbocycles. The number of piperazine rings is 1. The number of rotatable bonds is 5. The van der Waals surface area contributed by atoms with E-state index in [1.807, 2.05) is 41.7 Å². The van der Waals surface area contributed by atoms with Gasteiger partial charge < -0.3 is 4.90 Å². The lowest BCUT2D eigenvalue weighted by atomic mass is 9.97. The highest BCUT2D eigenvalue weighted by atomic mass is 32.2. The van der Waals surface area contributed by atoms with Crippen molar-refractivity contribution in [2.45, 2.75) is 39.0 Å². The number of aromatic nitrogens is 2. The fraction of sp³-hybridized carbons (Fsp3) is 0.417. The van der Waals surface area contributed by atoms with Crippen molar-refractivity contribution in [1.82, 2.24) is 14.3 Å². The van der Waals surface area contributed by atoms with Crippen LogP contribution in [0.2, 0.25) is 0 Å². The molecule has 32 heavy (non-hydrogen) atoms. The molecule has 3 heterocycles. The molecule has 1 fully saturated rings. The number of thiophene rings is 1. The smallest absolute Gasteiger partial charge is 0.236 e. The highest BCUT2D eigenvalue weighted by Crippen LogP contribution is 2.40. The average Bonchev–Trinajstić information content (AvgIpc) is 3.21. The second kappa shape index (κ2) is 8.92. The summed E-state index contributed by atoms with van der Waals surface area (Å²) in [5.41, 5.74) is 2.31. The summed E-state index contributed by atoms with van der Waals surface area (Å²) in [7, 11) is -3.45. The summed E-state index contributed by atoms with van der Waals surface area (Å²) in [5.74, 6) is 1.87. The lowest BCUT2D eigenvalue weighted by Crippen LogP contribution is -2.48. The van der Waals surface area contributed by atoms with E-state index >= 15 is 0 Å². The van der Waals surface area contributed by atoms with Crippen LogP contribution in [0.3, 0.4) is 0 Å². The van der Waals surface area contributed by atoms with Gasteiger partial charge in [-0.2, -0.15) is 4.31 Å². The molecule has 2 aromatic heterocycles. The van der Waals surface area contributed by atoms with Crippen LogP contribution in [0, 0.1) is 0 Å². The quantitative estimate of drug-likeness (QED) is 0.560. The van der Waals surface area contributed by atoms with Gasteiger partial charge in [0.15, 0.2) is 0 Å². The SMILES string of the molecule is CCc1nc(N2CCN(S(=O)(=O)/C=C/c3ccccc3)CC2)c2c3c(sc2n1)CCCC3. The normalized spacial score (nSPS) is 17.8. The molecule has 0 radical (unpaired) electrons. The van der Waals surface area contributed by atoms with Gasteiger partial charge in [0.25, 0.3) is 0 Å². The molecule has 8 heteroatoms. The predicted octanol–water partition coefficient (Wildman–Crippen LogP) is 4.26. The molecule has 168 valence electrons. The van der Waals surface area contributed by atoms with Gasteiger partial charge in [-0.05, 0) is 42.9 Å². The minimum absolute atomic E-state index is 0.459. The molecular formula is C24H28N4O2S2. The number of hydrogen-bond donors (Lipinski definition) is 0. The van der Waals surface area contributed by atoms with Crippen molar-refractivity contribution in [3.63, 3.8) is 0 Å². The van der Waals surface area contributed by atoms with Crippen molar-refractivity contribution >= 4 is 43.5 Å². The third-order valence-corrected chi connectivity index (χ3v) is 9.04. The van der Waals surface area contributed by atoms with Crippen LogP contribution in [-0.4, -0.2) is 48.9 Å². The van der Waals surface area contributed by atoms with Crippen molar-refractivity contribution in [3.8, 4) is 0 Å². The molecule has 1 aliphatic heterocycles. The van der Waals surface area contributed by atoms with Crippen LogP contribution in [-0.2, 0) is 29.3 Å². The topological polar surface area (TPSA) is 66.4 Å². The minimum atomic E-state index is -3.45. The number of sulfonamides is 1. The first kappa shape index (κ1) is 21.6. The zero-order valence-electron chi connectivity index (χ0n) is 18.3. The summed E-state index contributed by atoms with van der Waals surface area (Å²) in [4.78, 5) is 14.6. The van der Waals surface area contributed by atoms with Crippen LogP contribution in [0.25, 0.3) is 16.3 Å². The van der Waals surface area contributed by atoms with Crippen molar-refractivity contribution in [2.75, 3.05) is 31.1 Å². The van der Waals surface area contributed by atoms with E-state index in [4.69, 9.17) is 9.97 Å². The molecule has 0 atom stereocenters. The highest BCUT2D eigenvalue weighted by Gasteiger charge is 2.29. The largest absolute Gasteiger partial charge is 0.353 e. The van der Waals surface area contributed by atoms with Crippen LogP contribution in [0.4, 0.5) is 5.82 Å². The lowest BCUT2D eigenvalue weighted by Gasteiger charge is -2.34. The van der Waals surface area contributed by atoms with Crippen LogP contribution >= 0.6 is 11.3 Å². The standard InChI is InChI=1S/C24H28N4O2S2/c1-2-21-25-23(22-19-10-6-7-11-20(19)31-24(22)26-21)27-13-15-28(16-14-27)32(29,30)17-12-18-8-4-3-5-9-18/h3-5,8-9,12,17H,2,6-7,10-11,13-16H2,1H3/b17-12+. The molecule has 2 aliphatic rings.